The van der Waals surface area contributed by atoms with E-state index < -0.39 is 21.8 Å². The van der Waals surface area contributed by atoms with Crippen LogP contribution >= 0.6 is 0 Å². The Kier molecular flexibility index (Phi) is 4.46. The molecule has 2 amide bonds. The lowest BCUT2D eigenvalue weighted by Crippen LogP contribution is -2.35. The van der Waals surface area contributed by atoms with Crippen molar-refractivity contribution in [1.29, 1.82) is 0 Å². The van der Waals surface area contributed by atoms with E-state index in [0.717, 1.165) is 0 Å². The molecule has 1 aromatic carbocycles. The zero-order valence-electron chi connectivity index (χ0n) is 11.6. The van der Waals surface area contributed by atoms with Crippen molar-refractivity contribution in [2.24, 2.45) is 0 Å². The third kappa shape index (κ3) is 3.52. The monoisotopic (exact) mass is 311 g/mol. The normalized spacial score (nSPS) is 16.5. The highest BCUT2D eigenvalue weighted by Gasteiger charge is 2.28. The molecule has 0 bridgehead atoms. The summed E-state index contributed by atoms with van der Waals surface area (Å²) in [6.45, 7) is 2.50. The van der Waals surface area contributed by atoms with Crippen LogP contribution in [-0.2, 0) is 19.6 Å². The summed E-state index contributed by atoms with van der Waals surface area (Å²) in [5.74, 6) is -1.38. The van der Waals surface area contributed by atoms with Crippen LogP contribution in [0.15, 0.2) is 24.3 Å². The maximum atomic E-state index is 11.9. The number of amides is 2. The van der Waals surface area contributed by atoms with Gasteiger partial charge in [0.25, 0.3) is 0 Å². The average Bonchev–Trinajstić information content (AvgIpc) is 2.79. The van der Waals surface area contributed by atoms with Crippen LogP contribution in [0.3, 0.4) is 0 Å². The van der Waals surface area contributed by atoms with Gasteiger partial charge >= 0.3 is 11.8 Å². The van der Waals surface area contributed by atoms with Crippen LogP contribution in [0, 0.1) is 0 Å². The number of anilines is 2. The number of benzene rings is 1. The van der Waals surface area contributed by atoms with Gasteiger partial charge in [-0.1, -0.05) is 6.07 Å². The Labute approximate surface area is 123 Å². The molecule has 1 heterocycles. The highest BCUT2D eigenvalue weighted by Crippen LogP contribution is 2.26. The predicted octanol–water partition coefficient (Wildman–Crippen LogP) is 0.301. The summed E-state index contributed by atoms with van der Waals surface area (Å²) in [6, 6.07) is 6.43. The Hall–Kier alpha value is -2.09. The first kappa shape index (κ1) is 15.3. The number of nitrogens with one attached hydrogen (secondary N) is 2. The van der Waals surface area contributed by atoms with Crippen molar-refractivity contribution in [1.82, 2.24) is 5.32 Å². The van der Waals surface area contributed by atoms with Crippen molar-refractivity contribution in [3.05, 3.63) is 24.3 Å². The van der Waals surface area contributed by atoms with Crippen LogP contribution in [-0.4, -0.2) is 39.1 Å². The lowest BCUT2D eigenvalue weighted by atomic mass is 10.2. The van der Waals surface area contributed by atoms with Gasteiger partial charge in [-0.15, -0.1) is 0 Å². The maximum Gasteiger partial charge on any atom is 0.313 e. The van der Waals surface area contributed by atoms with Gasteiger partial charge in [-0.05, 0) is 31.5 Å². The second-order valence-electron chi connectivity index (χ2n) is 4.61. The number of nitrogens with zero attached hydrogens (tertiary/aromatic N) is 1. The molecule has 1 aromatic rings. The van der Waals surface area contributed by atoms with Crippen LogP contribution in [0.5, 0.6) is 0 Å². The standard InChI is InChI=1S/C13H17N3O4S/c1-2-14-12(17)13(18)15-10-5-3-6-11(9-10)16-7-4-8-21(16,19)20/h3,5-6,9H,2,4,7-8H2,1H3,(H,14,17)(H,15,18). The molecule has 21 heavy (non-hydrogen) atoms. The minimum atomic E-state index is -3.27. The van der Waals surface area contributed by atoms with E-state index >= 15 is 0 Å². The molecule has 0 atom stereocenters. The molecule has 1 aliphatic rings. The second kappa shape index (κ2) is 6.13. The summed E-state index contributed by atoms with van der Waals surface area (Å²) in [5.41, 5.74) is 0.868. The van der Waals surface area contributed by atoms with Crippen LogP contribution in [0.25, 0.3) is 0 Å². The summed E-state index contributed by atoms with van der Waals surface area (Å²) in [5, 5.41) is 4.84. The molecule has 2 rings (SSSR count). The molecular formula is C13H17N3O4S. The second-order valence-corrected chi connectivity index (χ2v) is 6.62. The van der Waals surface area contributed by atoms with E-state index in [1.807, 2.05) is 0 Å². The first-order chi connectivity index (χ1) is 9.94. The van der Waals surface area contributed by atoms with Crippen molar-refractivity contribution in [3.8, 4) is 0 Å². The SMILES string of the molecule is CCNC(=O)C(=O)Nc1cccc(N2CCCS2(=O)=O)c1. The third-order valence-electron chi connectivity index (χ3n) is 3.03. The molecule has 0 spiro atoms. The van der Waals surface area contributed by atoms with Gasteiger partial charge < -0.3 is 10.6 Å². The van der Waals surface area contributed by atoms with Gasteiger partial charge in [0, 0.05) is 18.8 Å². The molecule has 0 unspecified atom stereocenters. The van der Waals surface area contributed by atoms with E-state index in [4.69, 9.17) is 0 Å². The Bertz CT molecular complexity index is 657. The average molecular weight is 311 g/mol. The summed E-state index contributed by atoms with van der Waals surface area (Å²) in [6.07, 6.45) is 0.581. The summed E-state index contributed by atoms with van der Waals surface area (Å²) in [4.78, 5) is 23.0. The smallest absolute Gasteiger partial charge is 0.313 e. The van der Waals surface area contributed by atoms with Gasteiger partial charge in [-0.25, -0.2) is 8.42 Å². The fourth-order valence-corrected chi connectivity index (χ4v) is 3.65. The van der Waals surface area contributed by atoms with Crippen LogP contribution in [0.4, 0.5) is 11.4 Å². The summed E-state index contributed by atoms with van der Waals surface area (Å²) in [7, 11) is -3.27. The molecule has 7 nitrogen and oxygen atoms in total. The maximum absolute atomic E-state index is 11.9. The Morgan fingerprint density at radius 3 is 2.67 bits per heavy atom. The summed E-state index contributed by atoms with van der Waals surface area (Å²) < 4.78 is 25.0. The van der Waals surface area contributed by atoms with E-state index in [2.05, 4.69) is 10.6 Å². The molecule has 1 fully saturated rings. The van der Waals surface area contributed by atoms with Crippen LogP contribution < -0.4 is 14.9 Å². The van der Waals surface area contributed by atoms with Gasteiger partial charge in [0.2, 0.25) is 10.0 Å². The number of carbonyl (C=O) groups excluding carboxylic acids is 2. The molecule has 1 aliphatic heterocycles. The Morgan fingerprint density at radius 1 is 1.29 bits per heavy atom. The van der Waals surface area contributed by atoms with Gasteiger partial charge in [-0.2, -0.15) is 0 Å². The highest BCUT2D eigenvalue weighted by atomic mass is 32.2. The predicted molar refractivity (Wildman–Crippen MR) is 79.5 cm³/mol. The Balaban J connectivity index is 2.15. The van der Waals surface area contributed by atoms with E-state index in [1.165, 1.54) is 4.31 Å². The van der Waals surface area contributed by atoms with Crippen molar-refractivity contribution in [3.63, 3.8) is 0 Å². The molecule has 0 saturated carbocycles. The van der Waals surface area contributed by atoms with Gasteiger partial charge in [0.05, 0.1) is 11.4 Å². The quantitative estimate of drug-likeness (QED) is 0.785. The van der Waals surface area contributed by atoms with Gasteiger partial charge in [0.15, 0.2) is 0 Å². The number of rotatable bonds is 3. The topological polar surface area (TPSA) is 95.6 Å². The van der Waals surface area contributed by atoms with E-state index in [1.54, 1.807) is 31.2 Å². The molecule has 114 valence electrons. The molecule has 0 aliphatic carbocycles. The minimum Gasteiger partial charge on any atom is -0.348 e. The fourth-order valence-electron chi connectivity index (χ4n) is 2.10. The molecule has 0 radical (unpaired) electrons. The molecule has 2 N–H and O–H groups in total. The van der Waals surface area contributed by atoms with E-state index in [0.29, 0.717) is 30.9 Å². The fraction of sp³-hybridized carbons (Fsp3) is 0.385. The molecule has 1 saturated heterocycles. The summed E-state index contributed by atoms with van der Waals surface area (Å²) >= 11 is 0. The molecule has 0 aromatic heterocycles. The van der Waals surface area contributed by atoms with Crippen LogP contribution in [0.1, 0.15) is 13.3 Å². The van der Waals surface area contributed by atoms with Crippen molar-refractivity contribution < 1.29 is 18.0 Å². The highest BCUT2D eigenvalue weighted by molar-refractivity contribution is 7.93. The number of carbonyl (C=O) groups is 2. The number of likely N-dealkylation sites (N-methyl/N-ethyl adjacent to an activating group) is 1. The molecule has 8 heteroatoms. The molecular weight excluding hydrogens is 294 g/mol. The number of hydrogen-bond acceptors (Lipinski definition) is 4. The Morgan fingerprint density at radius 2 is 2.05 bits per heavy atom. The van der Waals surface area contributed by atoms with Crippen molar-refractivity contribution in [2.75, 3.05) is 28.5 Å². The largest absolute Gasteiger partial charge is 0.348 e. The first-order valence-corrected chi connectivity index (χ1v) is 8.24. The van der Waals surface area contributed by atoms with Crippen LogP contribution in [0.2, 0.25) is 0 Å². The number of hydrogen-bond donors (Lipinski definition) is 2. The van der Waals surface area contributed by atoms with Crippen molar-refractivity contribution in [2.45, 2.75) is 13.3 Å². The zero-order valence-corrected chi connectivity index (χ0v) is 12.4. The van der Waals surface area contributed by atoms with Gasteiger partial charge in [0.1, 0.15) is 0 Å². The van der Waals surface area contributed by atoms with Crippen molar-refractivity contribution >= 4 is 33.2 Å². The van der Waals surface area contributed by atoms with E-state index in [-0.39, 0.29) is 5.75 Å². The lowest BCUT2D eigenvalue weighted by Gasteiger charge is -2.17. The zero-order chi connectivity index (χ0) is 15.5. The first-order valence-electron chi connectivity index (χ1n) is 6.63. The lowest BCUT2D eigenvalue weighted by molar-refractivity contribution is -0.136. The third-order valence-corrected chi connectivity index (χ3v) is 4.90. The van der Waals surface area contributed by atoms with Gasteiger partial charge in [-0.3, -0.25) is 13.9 Å². The minimum absolute atomic E-state index is 0.127. The van der Waals surface area contributed by atoms with E-state index in [9.17, 15) is 18.0 Å². The number of sulfonamides is 1.